The van der Waals surface area contributed by atoms with E-state index in [1.54, 1.807) is 6.21 Å². The second kappa shape index (κ2) is 10.5. The van der Waals surface area contributed by atoms with E-state index < -0.39 is 0 Å². The molecule has 3 aromatic rings. The third-order valence-corrected chi connectivity index (χ3v) is 4.91. The van der Waals surface area contributed by atoms with Crippen LogP contribution >= 0.6 is 23.4 Å². The van der Waals surface area contributed by atoms with Crippen LogP contribution < -0.4 is 10.2 Å². The first kappa shape index (κ1) is 20.0. The van der Waals surface area contributed by atoms with Gasteiger partial charge in [-0.25, -0.2) is 5.43 Å². The van der Waals surface area contributed by atoms with Gasteiger partial charge in [-0.15, -0.1) is 11.8 Å². The number of rotatable bonds is 8. The van der Waals surface area contributed by atoms with Crippen molar-refractivity contribution in [2.24, 2.45) is 5.10 Å². The van der Waals surface area contributed by atoms with Crippen LogP contribution in [0.1, 0.15) is 11.1 Å². The maximum atomic E-state index is 11.9. The number of ether oxygens (including phenoxy) is 1. The quantitative estimate of drug-likeness (QED) is 0.393. The van der Waals surface area contributed by atoms with Gasteiger partial charge in [0.2, 0.25) is 5.91 Å². The zero-order chi connectivity index (χ0) is 19.6. The molecule has 0 aromatic heterocycles. The molecular weight excluding hydrogens is 392 g/mol. The summed E-state index contributed by atoms with van der Waals surface area (Å²) in [7, 11) is 0. The summed E-state index contributed by atoms with van der Waals surface area (Å²) >= 11 is 7.38. The largest absolute Gasteiger partial charge is 0.457 e. The summed E-state index contributed by atoms with van der Waals surface area (Å²) in [5.74, 6) is 2.40. The molecule has 0 unspecified atom stereocenters. The van der Waals surface area contributed by atoms with Crippen LogP contribution in [0.2, 0.25) is 5.02 Å². The Balaban J connectivity index is 1.44. The van der Waals surface area contributed by atoms with Crippen molar-refractivity contribution in [1.82, 2.24) is 5.43 Å². The van der Waals surface area contributed by atoms with Crippen LogP contribution in [0, 0.1) is 0 Å². The van der Waals surface area contributed by atoms with Gasteiger partial charge in [-0.05, 0) is 47.5 Å². The van der Waals surface area contributed by atoms with Gasteiger partial charge in [-0.2, -0.15) is 5.10 Å². The molecule has 0 aliphatic carbocycles. The number of carbonyl (C=O) groups is 1. The lowest BCUT2D eigenvalue weighted by Crippen LogP contribution is -2.19. The zero-order valence-corrected chi connectivity index (χ0v) is 16.6. The number of hydrogen-bond donors (Lipinski definition) is 1. The summed E-state index contributed by atoms with van der Waals surface area (Å²) in [6.45, 7) is 0. The number of para-hydroxylation sites is 1. The fraction of sp³-hybridized carbons (Fsp3) is 0.0909. The minimum absolute atomic E-state index is 0.146. The first-order valence-electron chi connectivity index (χ1n) is 8.66. The van der Waals surface area contributed by atoms with Crippen molar-refractivity contribution in [2.45, 2.75) is 5.75 Å². The second-order valence-corrected chi connectivity index (χ2v) is 7.32. The molecule has 142 valence electrons. The monoisotopic (exact) mass is 410 g/mol. The maximum Gasteiger partial charge on any atom is 0.250 e. The summed E-state index contributed by atoms with van der Waals surface area (Å²) in [5.41, 5.74) is 4.50. The Bertz CT molecular complexity index is 931. The molecule has 0 heterocycles. The Kier molecular flexibility index (Phi) is 7.53. The number of benzene rings is 3. The van der Waals surface area contributed by atoms with Crippen LogP contribution in [0.25, 0.3) is 0 Å². The lowest BCUT2D eigenvalue weighted by molar-refractivity contribution is -0.118. The van der Waals surface area contributed by atoms with Gasteiger partial charge >= 0.3 is 0 Å². The molecule has 28 heavy (non-hydrogen) atoms. The maximum absolute atomic E-state index is 11.9. The highest BCUT2D eigenvalue weighted by molar-refractivity contribution is 7.99. The molecule has 3 aromatic carbocycles. The van der Waals surface area contributed by atoms with Crippen molar-refractivity contribution in [3.63, 3.8) is 0 Å². The van der Waals surface area contributed by atoms with E-state index in [1.165, 1.54) is 11.8 Å². The molecule has 1 amide bonds. The molecule has 0 saturated heterocycles. The molecule has 6 heteroatoms. The molecule has 0 aliphatic rings. The van der Waals surface area contributed by atoms with Crippen molar-refractivity contribution in [2.75, 3.05) is 5.75 Å². The van der Waals surface area contributed by atoms with Gasteiger partial charge in [0.05, 0.1) is 12.0 Å². The topological polar surface area (TPSA) is 50.7 Å². The van der Waals surface area contributed by atoms with E-state index in [-0.39, 0.29) is 5.91 Å². The first-order valence-corrected chi connectivity index (χ1v) is 10.2. The number of hydrogen-bond acceptors (Lipinski definition) is 4. The highest BCUT2D eigenvalue weighted by atomic mass is 35.5. The molecule has 0 fully saturated rings. The minimum Gasteiger partial charge on any atom is -0.457 e. The molecule has 4 nitrogen and oxygen atoms in total. The van der Waals surface area contributed by atoms with Crippen LogP contribution in [0.5, 0.6) is 11.5 Å². The van der Waals surface area contributed by atoms with Crippen LogP contribution in [0.3, 0.4) is 0 Å². The van der Waals surface area contributed by atoms with Gasteiger partial charge in [0, 0.05) is 10.8 Å². The molecular formula is C22H19ClN2O2S. The summed E-state index contributed by atoms with van der Waals surface area (Å²) in [5, 5.41) is 4.72. The van der Waals surface area contributed by atoms with E-state index >= 15 is 0 Å². The standard InChI is InChI=1S/C22H19ClN2O2S/c23-19-11-9-17(10-12-19)15-28-16-22(26)25-24-14-18-5-4-8-21(13-18)27-20-6-2-1-3-7-20/h1-14H,15-16H2,(H,25,26)/b24-14-. The molecule has 0 radical (unpaired) electrons. The Morgan fingerprint density at radius 1 is 1.00 bits per heavy atom. The van der Waals surface area contributed by atoms with Gasteiger partial charge in [0.25, 0.3) is 0 Å². The zero-order valence-electron chi connectivity index (χ0n) is 15.0. The Morgan fingerprint density at radius 2 is 1.75 bits per heavy atom. The van der Waals surface area contributed by atoms with Crippen molar-refractivity contribution in [3.8, 4) is 11.5 Å². The normalized spacial score (nSPS) is 10.8. The van der Waals surface area contributed by atoms with Gasteiger partial charge in [0.1, 0.15) is 11.5 Å². The van der Waals surface area contributed by atoms with E-state index in [0.29, 0.717) is 16.5 Å². The molecule has 0 spiro atoms. The molecule has 0 saturated carbocycles. The van der Waals surface area contributed by atoms with Crippen LogP contribution in [-0.2, 0) is 10.5 Å². The van der Waals surface area contributed by atoms with Crippen LogP contribution in [-0.4, -0.2) is 17.9 Å². The molecule has 0 bridgehead atoms. The number of halogens is 1. The predicted octanol–water partition coefficient (Wildman–Crippen LogP) is 5.52. The SMILES string of the molecule is O=C(CSCc1ccc(Cl)cc1)N/N=C\c1cccc(Oc2ccccc2)c1. The van der Waals surface area contributed by atoms with Gasteiger partial charge in [-0.1, -0.05) is 54.1 Å². The Labute approximate surface area is 173 Å². The summed E-state index contributed by atoms with van der Waals surface area (Å²) < 4.78 is 5.79. The number of carbonyl (C=O) groups excluding carboxylic acids is 1. The van der Waals surface area contributed by atoms with Crippen molar-refractivity contribution < 1.29 is 9.53 Å². The number of amides is 1. The first-order chi connectivity index (χ1) is 13.7. The van der Waals surface area contributed by atoms with Crippen molar-refractivity contribution in [3.05, 3.63) is 95.0 Å². The average molecular weight is 411 g/mol. The van der Waals surface area contributed by atoms with Gasteiger partial charge < -0.3 is 4.74 Å². The molecule has 1 N–H and O–H groups in total. The van der Waals surface area contributed by atoms with Crippen molar-refractivity contribution in [1.29, 1.82) is 0 Å². The molecule has 0 aliphatic heterocycles. The lowest BCUT2D eigenvalue weighted by Gasteiger charge is -2.05. The van der Waals surface area contributed by atoms with Crippen LogP contribution in [0.4, 0.5) is 0 Å². The predicted molar refractivity (Wildman–Crippen MR) is 116 cm³/mol. The fourth-order valence-electron chi connectivity index (χ4n) is 2.34. The third kappa shape index (κ3) is 6.76. The fourth-order valence-corrected chi connectivity index (χ4v) is 3.24. The average Bonchev–Trinajstić information content (AvgIpc) is 2.71. The number of nitrogens with zero attached hydrogens (tertiary/aromatic N) is 1. The van der Waals surface area contributed by atoms with E-state index in [4.69, 9.17) is 16.3 Å². The summed E-state index contributed by atoms with van der Waals surface area (Å²) in [6.07, 6.45) is 1.60. The smallest absolute Gasteiger partial charge is 0.250 e. The highest BCUT2D eigenvalue weighted by Gasteiger charge is 2.01. The molecule has 0 atom stereocenters. The number of thioether (sulfide) groups is 1. The van der Waals surface area contributed by atoms with Gasteiger partial charge in [-0.3, -0.25) is 4.79 Å². The van der Waals surface area contributed by atoms with Crippen molar-refractivity contribution >= 4 is 35.5 Å². The minimum atomic E-state index is -0.146. The van der Waals surface area contributed by atoms with Gasteiger partial charge in [0.15, 0.2) is 0 Å². The lowest BCUT2D eigenvalue weighted by atomic mass is 10.2. The Morgan fingerprint density at radius 3 is 2.54 bits per heavy atom. The number of nitrogens with one attached hydrogen (secondary N) is 1. The second-order valence-electron chi connectivity index (χ2n) is 5.90. The van der Waals surface area contributed by atoms with E-state index in [9.17, 15) is 4.79 Å². The number of hydrazone groups is 1. The molecule has 3 rings (SSSR count). The Hall–Kier alpha value is -2.76. The summed E-state index contributed by atoms with van der Waals surface area (Å²) in [4.78, 5) is 11.9. The van der Waals surface area contributed by atoms with Crippen LogP contribution in [0.15, 0.2) is 84.0 Å². The highest BCUT2D eigenvalue weighted by Crippen LogP contribution is 2.21. The van der Waals surface area contributed by atoms with E-state index in [2.05, 4.69) is 10.5 Å². The van der Waals surface area contributed by atoms with E-state index in [1.807, 2.05) is 78.9 Å². The third-order valence-electron chi connectivity index (χ3n) is 3.66. The van der Waals surface area contributed by atoms with E-state index in [0.717, 1.165) is 22.6 Å². The summed E-state index contributed by atoms with van der Waals surface area (Å²) in [6, 6.07) is 24.7.